The first-order chi connectivity index (χ1) is 9.69. The number of hydrogen-bond donors (Lipinski definition) is 2. The Bertz CT molecular complexity index is 532. The predicted octanol–water partition coefficient (Wildman–Crippen LogP) is 2.19. The molecule has 0 radical (unpaired) electrons. The van der Waals surface area contributed by atoms with Gasteiger partial charge in [-0.15, -0.1) is 0 Å². The summed E-state index contributed by atoms with van der Waals surface area (Å²) in [6, 6.07) is 6.89. The first-order valence-corrected chi connectivity index (χ1v) is 6.82. The highest BCUT2D eigenvalue weighted by Gasteiger charge is 2.21. The molecule has 0 fully saturated rings. The minimum Gasteiger partial charge on any atom is -0.481 e. The van der Waals surface area contributed by atoms with Gasteiger partial charge in [-0.05, 0) is 32.8 Å². The number of carbonyl (C=O) groups is 3. The Morgan fingerprint density at radius 2 is 1.71 bits per heavy atom. The minimum atomic E-state index is -0.878. The number of carboxylic acid groups (broad SMARTS) is 1. The van der Waals surface area contributed by atoms with Gasteiger partial charge in [-0.2, -0.15) is 0 Å². The van der Waals surface area contributed by atoms with Gasteiger partial charge >= 0.3 is 5.97 Å². The highest BCUT2D eigenvalue weighted by molar-refractivity contribution is 5.94. The molecule has 0 saturated carbocycles. The average molecular weight is 291 g/mol. The Hall–Kier alpha value is -2.17. The molecular formula is C16H21NO4. The first kappa shape index (κ1) is 16.9. The number of nitrogens with one attached hydrogen (secondary N) is 1. The van der Waals surface area contributed by atoms with E-state index in [1.807, 2.05) is 0 Å². The summed E-state index contributed by atoms with van der Waals surface area (Å²) in [5.41, 5.74) is 0.863. The highest BCUT2D eigenvalue weighted by atomic mass is 16.4. The molecule has 0 aliphatic rings. The van der Waals surface area contributed by atoms with Gasteiger partial charge in [0.1, 0.15) is 0 Å². The van der Waals surface area contributed by atoms with E-state index in [4.69, 9.17) is 5.11 Å². The van der Waals surface area contributed by atoms with Crippen molar-refractivity contribution in [1.29, 1.82) is 0 Å². The zero-order valence-electron chi connectivity index (χ0n) is 12.6. The van der Waals surface area contributed by atoms with Crippen molar-refractivity contribution in [2.24, 2.45) is 0 Å². The molecule has 21 heavy (non-hydrogen) atoms. The number of hydrogen-bond acceptors (Lipinski definition) is 3. The number of rotatable bonds is 7. The maximum atomic E-state index is 12.0. The van der Waals surface area contributed by atoms with Crippen molar-refractivity contribution in [1.82, 2.24) is 5.32 Å². The number of amides is 1. The second-order valence-corrected chi connectivity index (χ2v) is 5.76. The Morgan fingerprint density at radius 1 is 1.14 bits per heavy atom. The first-order valence-electron chi connectivity index (χ1n) is 6.82. The van der Waals surface area contributed by atoms with E-state index in [1.54, 1.807) is 38.1 Å². The maximum absolute atomic E-state index is 12.0. The largest absolute Gasteiger partial charge is 0.481 e. The van der Waals surface area contributed by atoms with Crippen LogP contribution in [0.5, 0.6) is 0 Å². The molecule has 0 spiro atoms. The summed E-state index contributed by atoms with van der Waals surface area (Å²) >= 11 is 0. The lowest BCUT2D eigenvalue weighted by Crippen LogP contribution is -2.44. The van der Waals surface area contributed by atoms with Gasteiger partial charge in [-0.1, -0.05) is 24.3 Å². The van der Waals surface area contributed by atoms with Crippen LogP contribution in [-0.2, 0) is 16.0 Å². The van der Waals surface area contributed by atoms with E-state index < -0.39 is 11.5 Å². The number of benzene rings is 1. The number of aliphatic carboxylic acids is 1. The zero-order chi connectivity index (χ0) is 16.0. The van der Waals surface area contributed by atoms with Crippen molar-refractivity contribution in [2.75, 3.05) is 0 Å². The molecule has 0 atom stereocenters. The average Bonchev–Trinajstić information content (AvgIpc) is 2.36. The van der Waals surface area contributed by atoms with E-state index in [1.165, 1.54) is 6.92 Å². The molecule has 5 heteroatoms. The van der Waals surface area contributed by atoms with Crippen molar-refractivity contribution in [3.8, 4) is 0 Å². The molecule has 1 amide bonds. The molecule has 0 bridgehead atoms. The summed E-state index contributed by atoms with van der Waals surface area (Å²) in [6.45, 7) is 5.09. The molecule has 5 nitrogen and oxygen atoms in total. The SMILES string of the molecule is CC(=O)c1ccc(CC(=O)NC(C)(C)CCC(=O)O)cc1. The van der Waals surface area contributed by atoms with Gasteiger partial charge < -0.3 is 10.4 Å². The fourth-order valence-corrected chi connectivity index (χ4v) is 1.95. The molecule has 1 rings (SSSR count). The summed E-state index contributed by atoms with van der Waals surface area (Å²) in [6.07, 6.45) is 0.590. The lowest BCUT2D eigenvalue weighted by molar-refractivity contribution is -0.137. The maximum Gasteiger partial charge on any atom is 0.303 e. The normalized spacial score (nSPS) is 11.0. The molecule has 1 aromatic carbocycles. The molecule has 0 aliphatic carbocycles. The van der Waals surface area contributed by atoms with Gasteiger partial charge in [0.25, 0.3) is 0 Å². The lowest BCUT2D eigenvalue weighted by atomic mass is 9.97. The summed E-state index contributed by atoms with van der Waals surface area (Å²) in [4.78, 5) is 33.7. The lowest BCUT2D eigenvalue weighted by Gasteiger charge is -2.25. The summed E-state index contributed by atoms with van der Waals surface area (Å²) < 4.78 is 0. The fraction of sp³-hybridized carbons (Fsp3) is 0.438. The van der Waals surface area contributed by atoms with E-state index in [2.05, 4.69) is 5.32 Å². The Labute approximate surface area is 124 Å². The molecule has 2 N–H and O–H groups in total. The molecule has 0 saturated heterocycles. The standard InChI is InChI=1S/C16H21NO4/c1-11(18)13-6-4-12(5-7-13)10-14(19)17-16(2,3)9-8-15(20)21/h4-7H,8-10H2,1-3H3,(H,17,19)(H,20,21). The zero-order valence-corrected chi connectivity index (χ0v) is 12.6. The summed E-state index contributed by atoms with van der Waals surface area (Å²) in [7, 11) is 0. The third kappa shape index (κ3) is 6.21. The van der Waals surface area contributed by atoms with E-state index >= 15 is 0 Å². The quantitative estimate of drug-likeness (QED) is 0.754. The fourth-order valence-electron chi connectivity index (χ4n) is 1.95. The Morgan fingerprint density at radius 3 is 2.19 bits per heavy atom. The molecule has 1 aromatic rings. The van der Waals surface area contributed by atoms with Crippen molar-refractivity contribution in [3.05, 3.63) is 35.4 Å². The third-order valence-corrected chi connectivity index (χ3v) is 3.17. The number of Topliss-reactive ketones (excluding diaryl/α,β-unsaturated/α-hetero) is 1. The van der Waals surface area contributed by atoms with Crippen LogP contribution in [0.25, 0.3) is 0 Å². The van der Waals surface area contributed by atoms with Crippen LogP contribution in [0.1, 0.15) is 49.5 Å². The van der Waals surface area contributed by atoms with Crippen LogP contribution < -0.4 is 5.32 Å². The summed E-state index contributed by atoms with van der Waals surface area (Å²) in [5.74, 6) is -1.06. The Kier molecular flexibility index (Phi) is 5.64. The van der Waals surface area contributed by atoms with Gasteiger partial charge in [0, 0.05) is 17.5 Å². The molecule has 0 aromatic heterocycles. The molecule has 0 unspecified atom stereocenters. The summed E-state index contributed by atoms with van der Waals surface area (Å²) in [5, 5.41) is 11.5. The topological polar surface area (TPSA) is 83.5 Å². The third-order valence-electron chi connectivity index (χ3n) is 3.17. The Balaban J connectivity index is 2.56. The minimum absolute atomic E-state index is 0.0131. The van der Waals surface area contributed by atoms with Gasteiger partial charge in [0.15, 0.2) is 5.78 Å². The van der Waals surface area contributed by atoms with Crippen molar-refractivity contribution in [3.63, 3.8) is 0 Å². The van der Waals surface area contributed by atoms with Gasteiger partial charge in [0.2, 0.25) is 5.91 Å². The second-order valence-electron chi connectivity index (χ2n) is 5.76. The second kappa shape index (κ2) is 7.02. The number of carboxylic acids is 1. The van der Waals surface area contributed by atoms with E-state index in [0.29, 0.717) is 12.0 Å². The monoisotopic (exact) mass is 291 g/mol. The number of ketones is 1. The van der Waals surface area contributed by atoms with Crippen molar-refractivity contribution < 1.29 is 19.5 Å². The predicted molar refractivity (Wildman–Crippen MR) is 79.2 cm³/mol. The van der Waals surface area contributed by atoms with Crippen molar-refractivity contribution in [2.45, 2.75) is 45.6 Å². The number of carbonyl (C=O) groups excluding carboxylic acids is 2. The van der Waals surface area contributed by atoms with Crippen LogP contribution in [-0.4, -0.2) is 28.3 Å². The van der Waals surface area contributed by atoms with Gasteiger partial charge in [0.05, 0.1) is 6.42 Å². The highest BCUT2D eigenvalue weighted by Crippen LogP contribution is 2.12. The van der Waals surface area contributed by atoms with E-state index in [9.17, 15) is 14.4 Å². The van der Waals surface area contributed by atoms with Crippen LogP contribution in [0.15, 0.2) is 24.3 Å². The molecule has 114 valence electrons. The van der Waals surface area contributed by atoms with E-state index in [0.717, 1.165) is 5.56 Å². The van der Waals surface area contributed by atoms with Crippen LogP contribution in [0.3, 0.4) is 0 Å². The van der Waals surface area contributed by atoms with Gasteiger partial charge in [-0.3, -0.25) is 14.4 Å². The molecule has 0 aliphatic heterocycles. The van der Waals surface area contributed by atoms with Crippen molar-refractivity contribution >= 4 is 17.7 Å². The van der Waals surface area contributed by atoms with Crippen LogP contribution in [0, 0.1) is 0 Å². The van der Waals surface area contributed by atoms with Gasteiger partial charge in [-0.25, -0.2) is 0 Å². The molecule has 0 heterocycles. The molecular weight excluding hydrogens is 270 g/mol. The van der Waals surface area contributed by atoms with Crippen LogP contribution in [0.2, 0.25) is 0 Å². The smallest absolute Gasteiger partial charge is 0.303 e. The van der Waals surface area contributed by atoms with Crippen LogP contribution >= 0.6 is 0 Å². The van der Waals surface area contributed by atoms with E-state index in [-0.39, 0.29) is 24.5 Å². The van der Waals surface area contributed by atoms with Crippen LogP contribution in [0.4, 0.5) is 0 Å².